The number of halogens is 7. The molecule has 57 heavy (non-hydrogen) atoms. The molecule has 2 aromatic carbocycles. The number of carbonyl (C=O) groups is 4. The molecule has 0 aliphatic carbocycles. The molecule has 2 atom stereocenters. The number of H-pyrrole nitrogens is 1. The molecule has 312 valence electrons. The molecule has 3 aromatic rings. The van der Waals surface area contributed by atoms with E-state index < -0.39 is 46.4 Å². The molecule has 0 spiro atoms. The molecule has 17 nitrogen and oxygen atoms in total. The van der Waals surface area contributed by atoms with Gasteiger partial charge in [0.25, 0.3) is 5.91 Å². The summed E-state index contributed by atoms with van der Waals surface area (Å²) < 4.78 is 89.1. The van der Waals surface area contributed by atoms with Crippen LogP contribution in [0, 0.1) is 17.2 Å². The molecule has 25 heteroatoms. The number of carboxylic acids is 2. The zero-order valence-electron chi connectivity index (χ0n) is 29.4. The fourth-order valence-corrected chi connectivity index (χ4v) is 7.07. The third-order valence-corrected chi connectivity index (χ3v) is 10.1. The minimum atomic E-state index is -5.08. The van der Waals surface area contributed by atoms with Crippen molar-refractivity contribution in [3.05, 3.63) is 65.1 Å². The Morgan fingerprint density at radius 1 is 0.877 bits per heavy atom. The first-order chi connectivity index (χ1) is 26.3. The largest absolute Gasteiger partial charge is 0.490 e. The van der Waals surface area contributed by atoms with Crippen LogP contribution in [0.3, 0.4) is 0 Å². The van der Waals surface area contributed by atoms with Crippen molar-refractivity contribution in [1.82, 2.24) is 19.2 Å². The number of carbonyl (C=O) groups excluding carboxylic acids is 1. The van der Waals surface area contributed by atoms with Crippen LogP contribution in [0.2, 0.25) is 5.15 Å². The zero-order chi connectivity index (χ0) is 43.0. The molecule has 1 aromatic heterocycles. The molecule has 0 bridgehead atoms. The van der Waals surface area contributed by atoms with E-state index in [0.29, 0.717) is 72.9 Å². The van der Waals surface area contributed by atoms with E-state index in [2.05, 4.69) is 20.6 Å². The van der Waals surface area contributed by atoms with E-state index >= 15 is 0 Å². The van der Waals surface area contributed by atoms with E-state index in [1.54, 1.807) is 53.4 Å². The van der Waals surface area contributed by atoms with Crippen LogP contribution >= 0.6 is 11.6 Å². The van der Waals surface area contributed by atoms with Crippen LogP contribution in [-0.4, -0.2) is 111 Å². The number of sulfonamides is 1. The number of benzene rings is 2. The van der Waals surface area contributed by atoms with Crippen molar-refractivity contribution in [2.75, 3.05) is 36.5 Å². The Balaban J connectivity index is 0.000000531. The van der Waals surface area contributed by atoms with Crippen molar-refractivity contribution in [1.29, 1.82) is 5.41 Å². The Hall–Kier alpha value is -5.62. The number of anilines is 2. The fraction of sp³-hybridized carbons (Fsp3) is 0.375. The second-order valence-corrected chi connectivity index (χ2v) is 14.8. The molecule has 2 amide bonds. The Kier molecular flexibility index (Phi) is 14.9. The van der Waals surface area contributed by atoms with Crippen molar-refractivity contribution in [2.45, 2.75) is 37.7 Å². The summed E-state index contributed by atoms with van der Waals surface area (Å²) in [5.41, 5.74) is 8.13. The molecule has 0 unspecified atom stereocenters. The van der Waals surface area contributed by atoms with E-state index in [1.165, 1.54) is 10.6 Å². The number of alkyl halides is 6. The van der Waals surface area contributed by atoms with E-state index in [9.17, 15) is 44.3 Å². The van der Waals surface area contributed by atoms with Gasteiger partial charge in [-0.05, 0) is 67.5 Å². The van der Waals surface area contributed by atoms with E-state index in [0.717, 1.165) is 0 Å². The molecule has 2 aliphatic heterocycles. The second-order valence-electron chi connectivity index (χ2n) is 12.5. The van der Waals surface area contributed by atoms with Crippen molar-refractivity contribution >= 4 is 62.9 Å². The highest BCUT2D eigenvalue weighted by Crippen LogP contribution is 2.43. The van der Waals surface area contributed by atoms with Crippen LogP contribution in [0.15, 0.2) is 48.5 Å². The van der Waals surface area contributed by atoms with Gasteiger partial charge in [-0.15, -0.1) is 0 Å². The molecular weight excluding hydrogens is 822 g/mol. The number of aromatic amines is 1. The summed E-state index contributed by atoms with van der Waals surface area (Å²) in [6, 6.07) is 13.0. The number of imidazole rings is 1. The SMILES string of the molecule is CS(=O)(=O)N1CCC([C@H]2C[C@@H](c3nc(Cl)c(-c4ccc(NC(=O)O)cc4)[nH]3)N(C(=O)c3ccc(NC(=N)N)cc3)C2)CC1.O=C(O)C(F)(F)F.O=C(O)C(F)(F)F. The van der Waals surface area contributed by atoms with Crippen molar-refractivity contribution in [3.63, 3.8) is 0 Å². The molecule has 0 radical (unpaired) electrons. The van der Waals surface area contributed by atoms with Crippen molar-refractivity contribution in [2.24, 2.45) is 17.6 Å². The maximum atomic E-state index is 13.9. The summed E-state index contributed by atoms with van der Waals surface area (Å²) in [5.74, 6) is -5.01. The fourth-order valence-electron chi connectivity index (χ4n) is 5.95. The lowest BCUT2D eigenvalue weighted by molar-refractivity contribution is -0.193. The average Bonchev–Trinajstić information content (AvgIpc) is 3.72. The second kappa shape index (κ2) is 18.5. The molecule has 9 N–H and O–H groups in total. The van der Waals surface area contributed by atoms with Crippen LogP contribution in [0.1, 0.15) is 41.5 Å². The number of rotatable bonds is 7. The standard InChI is InChI=1S/C28H33ClN8O5S.2C2HF3O2/c1-43(41,42)36-12-10-16(11-13-36)19-14-22(37(15-19)26(38)18-4-8-20(9-5-18)32-27(30)31)25-34-23(24(29)35-25)17-2-6-21(7-3-17)33-28(39)40;2*3-2(4,5)1(6)7/h2-9,16,19,22,33H,10-15H2,1H3,(H,34,35)(H,39,40)(H4,30,31,32);2*(H,6,7)/t19-,22-;;/m0../s1. The Bertz CT molecular complexity index is 2020. The summed E-state index contributed by atoms with van der Waals surface area (Å²) in [5, 5.41) is 35.9. The lowest BCUT2D eigenvalue weighted by Gasteiger charge is -2.33. The predicted octanol–water partition coefficient (Wildman–Crippen LogP) is 5.27. The maximum Gasteiger partial charge on any atom is 0.490 e. The summed E-state index contributed by atoms with van der Waals surface area (Å²) in [6.45, 7) is 1.38. The number of amides is 2. The number of nitrogens with two attached hydrogens (primary N) is 1. The number of guanidine groups is 1. The first-order valence-corrected chi connectivity index (χ1v) is 18.4. The molecule has 3 heterocycles. The van der Waals surface area contributed by atoms with Gasteiger partial charge in [-0.25, -0.2) is 32.1 Å². The summed E-state index contributed by atoms with van der Waals surface area (Å²) >= 11 is 6.58. The Morgan fingerprint density at radius 2 is 1.35 bits per heavy atom. The molecule has 5 rings (SSSR count). The average molecular weight is 857 g/mol. The van der Waals surface area contributed by atoms with Crippen molar-refractivity contribution < 1.29 is 69.3 Å². The van der Waals surface area contributed by atoms with Gasteiger partial charge in [0.1, 0.15) is 5.82 Å². The highest BCUT2D eigenvalue weighted by molar-refractivity contribution is 7.88. The normalized spacial score (nSPS) is 17.6. The lowest BCUT2D eigenvalue weighted by atomic mass is 9.83. The molecular formula is C32H35ClF6N8O9S. The third-order valence-electron chi connectivity index (χ3n) is 8.54. The van der Waals surface area contributed by atoms with Crippen LogP contribution in [0.4, 0.5) is 42.5 Å². The number of likely N-dealkylation sites (tertiary alicyclic amines) is 1. The van der Waals surface area contributed by atoms with E-state index in [1.807, 2.05) is 0 Å². The van der Waals surface area contributed by atoms with Gasteiger partial charge in [0.15, 0.2) is 11.1 Å². The third kappa shape index (κ3) is 13.2. The smallest absolute Gasteiger partial charge is 0.475 e. The van der Waals surface area contributed by atoms with Crippen LogP contribution in [-0.2, 0) is 19.6 Å². The first kappa shape index (κ1) is 45.8. The Morgan fingerprint density at radius 3 is 1.79 bits per heavy atom. The zero-order valence-corrected chi connectivity index (χ0v) is 30.9. The van der Waals surface area contributed by atoms with Gasteiger partial charge in [0.2, 0.25) is 10.0 Å². The van der Waals surface area contributed by atoms with Crippen LogP contribution < -0.4 is 16.4 Å². The molecule has 2 aliphatic rings. The number of carboxylic acid groups (broad SMARTS) is 3. The molecule has 2 fully saturated rings. The maximum absolute atomic E-state index is 13.9. The van der Waals surface area contributed by atoms with Gasteiger partial charge in [-0.3, -0.25) is 15.5 Å². The summed E-state index contributed by atoms with van der Waals surface area (Å²) in [4.78, 5) is 52.3. The van der Waals surface area contributed by atoms with Gasteiger partial charge in [-0.1, -0.05) is 23.7 Å². The number of nitrogens with zero attached hydrogens (tertiary/aromatic N) is 3. The highest BCUT2D eigenvalue weighted by atomic mass is 35.5. The molecule has 2 saturated heterocycles. The van der Waals surface area contributed by atoms with Gasteiger partial charge in [-0.2, -0.15) is 26.3 Å². The summed E-state index contributed by atoms with van der Waals surface area (Å²) in [6.07, 6.45) is -8.06. The minimum absolute atomic E-state index is 0.128. The van der Waals surface area contributed by atoms with Gasteiger partial charge in [0, 0.05) is 42.1 Å². The highest BCUT2D eigenvalue weighted by Gasteiger charge is 2.43. The summed E-state index contributed by atoms with van der Waals surface area (Å²) in [7, 11) is -3.26. The van der Waals surface area contributed by atoms with Crippen LogP contribution in [0.25, 0.3) is 11.3 Å². The number of nitrogens with one attached hydrogen (secondary N) is 4. The quantitative estimate of drug-likeness (QED) is 0.0858. The Labute approximate surface area is 324 Å². The van der Waals surface area contributed by atoms with Gasteiger partial charge >= 0.3 is 30.4 Å². The molecule has 0 saturated carbocycles. The number of hydrogen-bond acceptors (Lipinski definition) is 8. The van der Waals surface area contributed by atoms with Crippen LogP contribution in [0.5, 0.6) is 0 Å². The first-order valence-electron chi connectivity index (χ1n) is 16.2. The number of aliphatic carboxylic acids is 2. The predicted molar refractivity (Wildman–Crippen MR) is 191 cm³/mol. The minimum Gasteiger partial charge on any atom is -0.475 e. The van der Waals surface area contributed by atoms with Crippen molar-refractivity contribution in [3.8, 4) is 11.3 Å². The lowest BCUT2D eigenvalue weighted by Crippen LogP contribution is -2.40. The van der Waals surface area contributed by atoms with Gasteiger partial charge < -0.3 is 36.3 Å². The topological polar surface area (TPSA) is 272 Å². The van der Waals surface area contributed by atoms with E-state index in [4.69, 9.17) is 47.7 Å². The number of hydrogen-bond donors (Lipinski definition) is 8. The monoisotopic (exact) mass is 856 g/mol. The van der Waals surface area contributed by atoms with Gasteiger partial charge in [0.05, 0.1) is 18.0 Å². The number of aromatic nitrogens is 2. The number of piperidine rings is 1. The van der Waals surface area contributed by atoms with E-state index in [-0.39, 0.29) is 28.9 Å².